The Morgan fingerprint density at radius 1 is 1.09 bits per heavy atom. The van der Waals surface area contributed by atoms with Crippen molar-refractivity contribution in [3.8, 4) is 17.1 Å². The number of rotatable bonds is 9. The Morgan fingerprint density at radius 3 is 2.45 bits per heavy atom. The molecule has 0 aliphatic rings. The van der Waals surface area contributed by atoms with Crippen LogP contribution in [0.4, 0.5) is 0 Å². The highest BCUT2D eigenvalue weighted by atomic mass is 16.5. The van der Waals surface area contributed by atoms with E-state index in [1.807, 2.05) is 42.7 Å². The van der Waals surface area contributed by atoms with Crippen LogP contribution in [0.15, 0.2) is 49.3 Å². The summed E-state index contributed by atoms with van der Waals surface area (Å²) in [5.41, 5.74) is 2.22. The van der Waals surface area contributed by atoms with Gasteiger partial charge in [-0.3, -0.25) is 0 Å². The van der Waals surface area contributed by atoms with Crippen LogP contribution in [0.25, 0.3) is 11.4 Å². The molecule has 0 aliphatic carbocycles. The number of hydrogen-bond acceptors (Lipinski definition) is 3. The highest BCUT2D eigenvalue weighted by Gasteiger charge is 2.02. The summed E-state index contributed by atoms with van der Waals surface area (Å²) in [5, 5.41) is 0. The fourth-order valence-electron chi connectivity index (χ4n) is 2.13. The largest absolute Gasteiger partial charge is 0.494 e. The molecule has 0 saturated carbocycles. The van der Waals surface area contributed by atoms with E-state index in [4.69, 9.17) is 4.74 Å². The maximum Gasteiger partial charge on any atom is 0.159 e. The van der Waals surface area contributed by atoms with Gasteiger partial charge in [0.1, 0.15) is 5.75 Å². The normalized spacial score (nSPS) is 10.4. The van der Waals surface area contributed by atoms with Crippen LogP contribution < -0.4 is 4.74 Å². The Bertz CT molecular complexity index is 561. The van der Waals surface area contributed by atoms with Gasteiger partial charge >= 0.3 is 0 Å². The summed E-state index contributed by atoms with van der Waals surface area (Å²) < 4.78 is 5.67. The van der Waals surface area contributed by atoms with Crippen LogP contribution in [-0.4, -0.2) is 16.6 Å². The van der Waals surface area contributed by atoms with Gasteiger partial charge in [-0.15, -0.1) is 6.58 Å². The van der Waals surface area contributed by atoms with Crippen molar-refractivity contribution in [2.75, 3.05) is 6.61 Å². The highest BCUT2D eigenvalue weighted by molar-refractivity contribution is 5.55. The minimum atomic E-state index is 0.716. The van der Waals surface area contributed by atoms with Crippen molar-refractivity contribution in [2.24, 2.45) is 0 Å². The van der Waals surface area contributed by atoms with Gasteiger partial charge in [-0.2, -0.15) is 0 Å². The van der Waals surface area contributed by atoms with Crippen molar-refractivity contribution in [2.45, 2.75) is 39.0 Å². The predicted octanol–water partition coefficient (Wildman–Crippen LogP) is 4.83. The van der Waals surface area contributed by atoms with E-state index in [1.165, 1.54) is 18.4 Å². The Labute approximate surface area is 133 Å². The molecule has 2 rings (SSSR count). The Hall–Kier alpha value is -2.16. The number of aryl methyl sites for hydroxylation is 1. The van der Waals surface area contributed by atoms with Gasteiger partial charge in [-0.25, -0.2) is 9.97 Å². The lowest BCUT2D eigenvalue weighted by Gasteiger charge is -2.06. The molecule has 2 aromatic rings. The van der Waals surface area contributed by atoms with Crippen LogP contribution in [0, 0.1) is 0 Å². The first kappa shape index (κ1) is 16.2. The minimum absolute atomic E-state index is 0.716. The minimum Gasteiger partial charge on any atom is -0.494 e. The molecular weight excluding hydrogens is 272 g/mol. The van der Waals surface area contributed by atoms with E-state index in [2.05, 4.69) is 23.5 Å². The smallest absolute Gasteiger partial charge is 0.159 e. The summed E-state index contributed by atoms with van der Waals surface area (Å²) in [6.07, 6.45) is 11.2. The lowest BCUT2D eigenvalue weighted by molar-refractivity contribution is 0.312. The number of nitrogens with zero attached hydrogens (tertiary/aromatic N) is 2. The second-order valence-electron chi connectivity index (χ2n) is 5.32. The number of ether oxygens (including phenoxy) is 1. The molecule has 0 bridgehead atoms. The first-order valence-electron chi connectivity index (χ1n) is 7.98. The second kappa shape index (κ2) is 8.98. The Morgan fingerprint density at radius 2 is 1.82 bits per heavy atom. The molecule has 3 nitrogen and oxygen atoms in total. The first-order valence-corrected chi connectivity index (χ1v) is 7.98. The lowest BCUT2D eigenvalue weighted by atomic mass is 10.1. The molecule has 1 aromatic heterocycles. The fraction of sp³-hybridized carbons (Fsp3) is 0.368. The molecule has 0 radical (unpaired) electrons. The molecule has 1 aromatic carbocycles. The van der Waals surface area contributed by atoms with Gasteiger partial charge in [-0.1, -0.05) is 19.4 Å². The van der Waals surface area contributed by atoms with E-state index in [1.54, 1.807) is 0 Å². The zero-order valence-electron chi connectivity index (χ0n) is 13.3. The highest BCUT2D eigenvalue weighted by Crippen LogP contribution is 2.19. The van der Waals surface area contributed by atoms with E-state index < -0.39 is 0 Å². The van der Waals surface area contributed by atoms with Gasteiger partial charge < -0.3 is 4.74 Å². The monoisotopic (exact) mass is 296 g/mol. The maximum atomic E-state index is 5.67. The van der Waals surface area contributed by atoms with Crippen LogP contribution in [0.5, 0.6) is 5.75 Å². The molecule has 0 N–H and O–H groups in total. The third-order valence-electron chi connectivity index (χ3n) is 3.46. The van der Waals surface area contributed by atoms with Crippen LogP contribution in [0.2, 0.25) is 0 Å². The van der Waals surface area contributed by atoms with Crippen molar-refractivity contribution in [1.29, 1.82) is 0 Å². The van der Waals surface area contributed by atoms with Crippen molar-refractivity contribution >= 4 is 0 Å². The fourth-order valence-corrected chi connectivity index (χ4v) is 2.13. The molecule has 1 heterocycles. The zero-order valence-corrected chi connectivity index (χ0v) is 13.3. The van der Waals surface area contributed by atoms with E-state index >= 15 is 0 Å². The lowest BCUT2D eigenvalue weighted by Crippen LogP contribution is -1.97. The summed E-state index contributed by atoms with van der Waals surface area (Å²) >= 11 is 0. The van der Waals surface area contributed by atoms with E-state index in [-0.39, 0.29) is 0 Å². The predicted molar refractivity (Wildman–Crippen MR) is 91.0 cm³/mol. The number of benzene rings is 1. The topological polar surface area (TPSA) is 35.0 Å². The Balaban J connectivity index is 1.93. The van der Waals surface area contributed by atoms with Crippen LogP contribution >= 0.6 is 0 Å². The van der Waals surface area contributed by atoms with Crippen molar-refractivity contribution in [3.05, 3.63) is 54.9 Å². The third kappa shape index (κ3) is 4.99. The zero-order chi connectivity index (χ0) is 15.6. The SMILES string of the molecule is C=CCCCOc1ccc(-c2ncc(CCCC)cn2)cc1. The van der Waals surface area contributed by atoms with Crippen LogP contribution in [0.1, 0.15) is 38.2 Å². The molecule has 0 amide bonds. The molecule has 22 heavy (non-hydrogen) atoms. The van der Waals surface area contributed by atoms with Gasteiger partial charge in [0.05, 0.1) is 6.61 Å². The van der Waals surface area contributed by atoms with Crippen molar-refractivity contribution < 1.29 is 4.74 Å². The average molecular weight is 296 g/mol. The third-order valence-corrected chi connectivity index (χ3v) is 3.46. The quantitative estimate of drug-likeness (QED) is 0.491. The molecule has 0 saturated heterocycles. The van der Waals surface area contributed by atoms with Crippen molar-refractivity contribution in [3.63, 3.8) is 0 Å². The van der Waals surface area contributed by atoms with Gasteiger partial charge in [0.2, 0.25) is 0 Å². The molecular formula is C19H24N2O. The summed E-state index contributed by atoms with van der Waals surface area (Å²) in [6, 6.07) is 7.95. The molecule has 0 atom stereocenters. The van der Waals surface area contributed by atoms with Crippen molar-refractivity contribution in [1.82, 2.24) is 9.97 Å². The van der Waals surface area contributed by atoms with Gasteiger partial charge in [0.15, 0.2) is 5.82 Å². The standard InChI is InChI=1S/C19H24N2O/c1-3-5-7-13-22-18-11-9-17(10-12-18)19-20-14-16(15-21-19)8-6-4-2/h3,9-12,14-15H,1,4-8,13H2,2H3. The Kier molecular flexibility index (Phi) is 6.62. The number of hydrogen-bond donors (Lipinski definition) is 0. The van der Waals surface area contributed by atoms with Gasteiger partial charge in [-0.05, 0) is 55.5 Å². The maximum absolute atomic E-state index is 5.67. The van der Waals surface area contributed by atoms with Crippen LogP contribution in [-0.2, 0) is 6.42 Å². The molecule has 0 aliphatic heterocycles. The molecule has 0 unspecified atom stereocenters. The number of unbranched alkanes of at least 4 members (excludes halogenated alkanes) is 2. The first-order chi connectivity index (χ1) is 10.8. The molecule has 116 valence electrons. The van der Waals surface area contributed by atoms with E-state index in [0.29, 0.717) is 6.61 Å². The van der Waals surface area contributed by atoms with E-state index in [9.17, 15) is 0 Å². The molecule has 0 spiro atoms. The molecule has 0 fully saturated rings. The summed E-state index contributed by atoms with van der Waals surface area (Å²) in [6.45, 7) is 6.61. The second-order valence-corrected chi connectivity index (χ2v) is 5.32. The number of aromatic nitrogens is 2. The summed E-state index contributed by atoms with van der Waals surface area (Å²) in [5.74, 6) is 1.64. The van der Waals surface area contributed by atoms with Crippen LogP contribution in [0.3, 0.4) is 0 Å². The number of allylic oxidation sites excluding steroid dienone is 1. The van der Waals surface area contributed by atoms with Gasteiger partial charge in [0.25, 0.3) is 0 Å². The van der Waals surface area contributed by atoms with E-state index in [0.717, 1.165) is 36.4 Å². The van der Waals surface area contributed by atoms with Gasteiger partial charge in [0, 0.05) is 18.0 Å². The summed E-state index contributed by atoms with van der Waals surface area (Å²) in [4.78, 5) is 8.91. The average Bonchev–Trinajstić information content (AvgIpc) is 2.58. The summed E-state index contributed by atoms with van der Waals surface area (Å²) in [7, 11) is 0. The molecule has 3 heteroatoms.